The van der Waals surface area contributed by atoms with Gasteiger partial charge < -0.3 is 4.57 Å². The lowest BCUT2D eigenvalue weighted by molar-refractivity contribution is 0.577. The number of pyridine rings is 1. The van der Waals surface area contributed by atoms with Gasteiger partial charge in [-0.3, -0.25) is 0 Å². The Kier molecular flexibility index (Phi) is 3.59. The summed E-state index contributed by atoms with van der Waals surface area (Å²) < 4.78 is 28.1. The summed E-state index contributed by atoms with van der Waals surface area (Å²) in [5, 5.41) is 8.60. The van der Waals surface area contributed by atoms with Crippen LogP contribution >= 0.6 is 0 Å². The lowest BCUT2D eigenvalue weighted by Gasteiger charge is -2.06. The molecule has 2 heterocycles. The Morgan fingerprint density at radius 3 is 2.74 bits per heavy atom. The zero-order chi connectivity index (χ0) is 13.9. The van der Waals surface area contributed by atoms with E-state index in [0.717, 1.165) is 6.20 Å². The molecule has 0 aliphatic heterocycles. The van der Waals surface area contributed by atoms with Crippen molar-refractivity contribution in [3.63, 3.8) is 0 Å². The molecule has 0 aliphatic carbocycles. The van der Waals surface area contributed by atoms with Crippen LogP contribution in [0.5, 0.6) is 0 Å². The normalized spacial score (nSPS) is 11.2. The smallest absolute Gasteiger partial charge is 0.242 e. The molecule has 2 aromatic heterocycles. The van der Waals surface area contributed by atoms with Crippen LogP contribution in [-0.4, -0.2) is 23.0 Å². The molecule has 19 heavy (non-hydrogen) atoms. The number of imidazole rings is 1. The topological polar surface area (TPSA) is 101 Å². The van der Waals surface area contributed by atoms with E-state index in [1.807, 2.05) is 6.07 Å². The van der Waals surface area contributed by atoms with E-state index in [2.05, 4.69) is 14.7 Å². The van der Waals surface area contributed by atoms with Gasteiger partial charge in [-0.2, -0.15) is 5.26 Å². The van der Waals surface area contributed by atoms with Crippen LogP contribution in [0.3, 0.4) is 0 Å². The minimum absolute atomic E-state index is 0.0145. The fraction of sp³-hybridized carbons (Fsp3) is 0.182. The van der Waals surface area contributed by atoms with Gasteiger partial charge >= 0.3 is 0 Å². The summed E-state index contributed by atoms with van der Waals surface area (Å²) in [7, 11) is -1.88. The molecule has 0 fully saturated rings. The Bertz CT molecular complexity index is 712. The Hall–Kier alpha value is -2.24. The Morgan fingerprint density at radius 1 is 1.42 bits per heavy atom. The summed E-state index contributed by atoms with van der Waals surface area (Å²) in [6.07, 6.45) is 4.47. The number of nitriles is 1. The highest BCUT2D eigenvalue weighted by Gasteiger charge is 2.15. The maximum atomic E-state index is 12.0. The number of sulfonamides is 1. The van der Waals surface area contributed by atoms with Gasteiger partial charge in [0.15, 0.2) is 0 Å². The second-order valence-corrected chi connectivity index (χ2v) is 5.54. The Morgan fingerprint density at radius 2 is 2.21 bits per heavy atom. The zero-order valence-corrected chi connectivity index (χ0v) is 10.9. The number of hydrogen-bond acceptors (Lipinski definition) is 5. The van der Waals surface area contributed by atoms with Gasteiger partial charge in [0.1, 0.15) is 22.5 Å². The molecule has 0 saturated carbocycles. The first-order chi connectivity index (χ1) is 9.03. The molecule has 2 aromatic rings. The quantitative estimate of drug-likeness (QED) is 0.858. The van der Waals surface area contributed by atoms with Crippen molar-refractivity contribution >= 4 is 10.0 Å². The first-order valence-electron chi connectivity index (χ1n) is 5.35. The molecule has 0 aliphatic rings. The number of nitrogens with one attached hydrogen (secondary N) is 1. The molecule has 0 bridgehead atoms. The fourth-order valence-electron chi connectivity index (χ4n) is 1.42. The molecular weight excluding hydrogens is 266 g/mol. The van der Waals surface area contributed by atoms with Crippen molar-refractivity contribution in [2.75, 3.05) is 0 Å². The van der Waals surface area contributed by atoms with E-state index in [1.165, 1.54) is 12.1 Å². The molecule has 7 nitrogen and oxygen atoms in total. The molecule has 0 unspecified atom stereocenters. The van der Waals surface area contributed by atoms with E-state index in [4.69, 9.17) is 5.26 Å². The number of nitrogens with zero attached hydrogens (tertiary/aromatic N) is 4. The maximum absolute atomic E-state index is 12.0. The summed E-state index contributed by atoms with van der Waals surface area (Å²) in [5.74, 6) is 0.602. The number of aryl methyl sites for hydroxylation is 1. The van der Waals surface area contributed by atoms with Gasteiger partial charge in [0.2, 0.25) is 10.0 Å². The van der Waals surface area contributed by atoms with Gasteiger partial charge in [-0.05, 0) is 12.1 Å². The zero-order valence-electron chi connectivity index (χ0n) is 10.1. The SMILES string of the molecule is Cn1ccnc1CNS(=O)(=O)c1ccc(C#N)nc1. The van der Waals surface area contributed by atoms with Crippen molar-refractivity contribution in [2.24, 2.45) is 7.05 Å². The number of rotatable bonds is 4. The van der Waals surface area contributed by atoms with Crippen LogP contribution in [0.2, 0.25) is 0 Å². The van der Waals surface area contributed by atoms with Crippen LogP contribution in [0.25, 0.3) is 0 Å². The first-order valence-corrected chi connectivity index (χ1v) is 6.83. The Labute approximate surface area is 110 Å². The van der Waals surface area contributed by atoms with Crippen LogP contribution in [-0.2, 0) is 23.6 Å². The first kappa shape index (κ1) is 13.2. The highest BCUT2D eigenvalue weighted by Crippen LogP contribution is 2.08. The minimum Gasteiger partial charge on any atom is -0.337 e. The van der Waals surface area contributed by atoms with Crippen molar-refractivity contribution in [1.29, 1.82) is 5.26 Å². The third-order valence-electron chi connectivity index (χ3n) is 2.50. The van der Waals surface area contributed by atoms with Gasteiger partial charge in [-0.15, -0.1) is 0 Å². The second kappa shape index (κ2) is 5.17. The molecule has 1 N–H and O–H groups in total. The van der Waals surface area contributed by atoms with E-state index in [9.17, 15) is 8.42 Å². The third-order valence-corrected chi connectivity index (χ3v) is 3.89. The van der Waals surface area contributed by atoms with E-state index in [1.54, 1.807) is 24.0 Å². The fourth-order valence-corrected chi connectivity index (χ4v) is 2.34. The molecule has 0 aromatic carbocycles. The van der Waals surface area contributed by atoms with Gasteiger partial charge in [0.05, 0.1) is 6.54 Å². The van der Waals surface area contributed by atoms with E-state index in [-0.39, 0.29) is 17.1 Å². The third kappa shape index (κ3) is 2.96. The summed E-state index contributed by atoms with van der Waals surface area (Å²) >= 11 is 0. The number of hydrogen-bond donors (Lipinski definition) is 1. The van der Waals surface area contributed by atoms with Crippen LogP contribution < -0.4 is 4.72 Å². The lowest BCUT2D eigenvalue weighted by atomic mass is 10.4. The lowest BCUT2D eigenvalue weighted by Crippen LogP contribution is -2.24. The molecule has 0 radical (unpaired) electrons. The summed E-state index contributed by atoms with van der Waals surface area (Å²) in [6.45, 7) is 0.0891. The van der Waals surface area contributed by atoms with Gasteiger partial charge in [-0.25, -0.2) is 23.1 Å². The molecular formula is C11H11N5O2S. The van der Waals surface area contributed by atoms with E-state index in [0.29, 0.717) is 5.82 Å². The van der Waals surface area contributed by atoms with E-state index < -0.39 is 10.0 Å². The molecule has 0 atom stereocenters. The monoisotopic (exact) mass is 277 g/mol. The standard InChI is InChI=1S/C11H11N5O2S/c1-16-5-4-13-11(16)8-15-19(17,18)10-3-2-9(6-12)14-7-10/h2-5,7,15H,8H2,1H3. The van der Waals surface area contributed by atoms with Crippen molar-refractivity contribution in [3.05, 3.63) is 42.2 Å². The number of aromatic nitrogens is 3. The Balaban J connectivity index is 2.14. The second-order valence-electron chi connectivity index (χ2n) is 3.77. The van der Waals surface area contributed by atoms with Crippen molar-refractivity contribution < 1.29 is 8.42 Å². The largest absolute Gasteiger partial charge is 0.337 e. The predicted molar refractivity (Wildman–Crippen MR) is 66.2 cm³/mol. The maximum Gasteiger partial charge on any atom is 0.242 e. The average Bonchev–Trinajstić information content (AvgIpc) is 2.82. The van der Waals surface area contributed by atoms with Crippen molar-refractivity contribution in [3.8, 4) is 6.07 Å². The van der Waals surface area contributed by atoms with Crippen molar-refractivity contribution in [2.45, 2.75) is 11.4 Å². The average molecular weight is 277 g/mol. The van der Waals surface area contributed by atoms with Crippen LogP contribution in [0.15, 0.2) is 35.6 Å². The molecule has 0 spiro atoms. The molecule has 0 saturated heterocycles. The minimum atomic E-state index is -3.65. The van der Waals surface area contributed by atoms with Gasteiger partial charge in [0, 0.05) is 25.6 Å². The van der Waals surface area contributed by atoms with Gasteiger partial charge in [-0.1, -0.05) is 0 Å². The summed E-state index contributed by atoms with van der Waals surface area (Å²) in [4.78, 5) is 7.76. The summed E-state index contributed by atoms with van der Waals surface area (Å²) in [6, 6.07) is 4.52. The molecule has 0 amide bonds. The van der Waals surface area contributed by atoms with Crippen molar-refractivity contribution in [1.82, 2.24) is 19.3 Å². The molecule has 8 heteroatoms. The molecule has 98 valence electrons. The van der Waals surface area contributed by atoms with Gasteiger partial charge in [0.25, 0.3) is 0 Å². The summed E-state index contributed by atoms with van der Waals surface area (Å²) in [5.41, 5.74) is 0.169. The van der Waals surface area contributed by atoms with Crippen LogP contribution in [0, 0.1) is 11.3 Å². The van der Waals surface area contributed by atoms with Crippen LogP contribution in [0.4, 0.5) is 0 Å². The molecule has 2 rings (SSSR count). The van der Waals surface area contributed by atoms with E-state index >= 15 is 0 Å². The van der Waals surface area contributed by atoms with Crippen LogP contribution in [0.1, 0.15) is 11.5 Å². The highest BCUT2D eigenvalue weighted by molar-refractivity contribution is 7.89. The predicted octanol–water partition coefficient (Wildman–Crippen LogP) is 0.165. The highest BCUT2D eigenvalue weighted by atomic mass is 32.2.